The fourth-order valence-electron chi connectivity index (χ4n) is 1.69. The van der Waals surface area contributed by atoms with Gasteiger partial charge in [0.25, 0.3) is 5.69 Å². The summed E-state index contributed by atoms with van der Waals surface area (Å²) in [6.45, 7) is 0. The van der Waals surface area contributed by atoms with Crippen molar-refractivity contribution in [1.29, 1.82) is 0 Å². The largest absolute Gasteiger partial charge is 0.496 e. The molecule has 0 saturated carbocycles. The zero-order valence-electron chi connectivity index (χ0n) is 11.3. The van der Waals surface area contributed by atoms with Crippen molar-refractivity contribution in [1.82, 2.24) is 0 Å². The van der Waals surface area contributed by atoms with Crippen LogP contribution in [0.4, 0.5) is 18.9 Å². The highest BCUT2D eigenvalue weighted by molar-refractivity contribution is 5.47. The van der Waals surface area contributed by atoms with Crippen LogP contribution in [0.15, 0.2) is 42.5 Å². The Kier molecular flexibility index (Phi) is 4.20. The first-order valence-electron chi connectivity index (χ1n) is 5.98. The normalized spacial score (nSPS) is 11.1. The molecule has 0 heterocycles. The summed E-state index contributed by atoms with van der Waals surface area (Å²) in [5.41, 5.74) is -1.06. The van der Waals surface area contributed by atoms with Gasteiger partial charge in [0.1, 0.15) is 17.2 Å². The molecule has 0 saturated heterocycles. The molecular formula is C14H10F3NO4. The van der Waals surface area contributed by atoms with Crippen LogP contribution in [0.3, 0.4) is 0 Å². The second-order valence-corrected chi connectivity index (χ2v) is 4.25. The third-order valence-corrected chi connectivity index (χ3v) is 2.73. The summed E-state index contributed by atoms with van der Waals surface area (Å²) < 4.78 is 47.6. The summed E-state index contributed by atoms with van der Waals surface area (Å²) in [5.74, 6) is 0.414. The van der Waals surface area contributed by atoms with Gasteiger partial charge in [-0.1, -0.05) is 0 Å². The predicted molar refractivity (Wildman–Crippen MR) is 71.2 cm³/mol. The highest BCUT2D eigenvalue weighted by Crippen LogP contribution is 2.33. The van der Waals surface area contributed by atoms with Crippen LogP contribution in [0.25, 0.3) is 0 Å². The number of alkyl halides is 3. The van der Waals surface area contributed by atoms with E-state index in [1.807, 2.05) is 0 Å². The van der Waals surface area contributed by atoms with Crippen LogP contribution in [-0.4, -0.2) is 12.0 Å². The van der Waals surface area contributed by atoms with Crippen LogP contribution in [0, 0.1) is 10.1 Å². The molecule has 8 heteroatoms. The lowest BCUT2D eigenvalue weighted by molar-refractivity contribution is -0.385. The summed E-state index contributed by atoms with van der Waals surface area (Å²) in [7, 11) is 1.33. The van der Waals surface area contributed by atoms with Crippen LogP contribution in [-0.2, 0) is 6.18 Å². The van der Waals surface area contributed by atoms with Gasteiger partial charge in [-0.2, -0.15) is 13.2 Å². The molecule has 2 aromatic rings. The SMILES string of the molecule is COc1cc(Oc2ccc(C(F)(F)F)cc2)cc([N+](=O)[O-])c1. The van der Waals surface area contributed by atoms with Crippen molar-refractivity contribution in [2.45, 2.75) is 6.18 Å². The zero-order chi connectivity index (χ0) is 16.3. The number of nitro groups is 1. The van der Waals surface area contributed by atoms with Crippen LogP contribution in [0.1, 0.15) is 5.56 Å². The standard InChI is InChI=1S/C14H10F3NO4/c1-21-12-6-10(18(19)20)7-13(8-12)22-11-4-2-9(3-5-11)14(15,16)17/h2-8H,1H3. The van der Waals surface area contributed by atoms with Crippen LogP contribution >= 0.6 is 0 Å². The van der Waals surface area contributed by atoms with E-state index < -0.39 is 16.7 Å². The number of rotatable bonds is 4. The molecule has 5 nitrogen and oxygen atoms in total. The molecule has 0 N–H and O–H groups in total. The van der Waals surface area contributed by atoms with Crippen molar-refractivity contribution in [3.63, 3.8) is 0 Å². The number of hydrogen-bond donors (Lipinski definition) is 0. The topological polar surface area (TPSA) is 61.6 Å². The predicted octanol–water partition coefficient (Wildman–Crippen LogP) is 4.41. The Morgan fingerprint density at radius 2 is 1.59 bits per heavy atom. The maximum absolute atomic E-state index is 12.5. The number of nitro benzene ring substituents is 1. The van der Waals surface area contributed by atoms with Gasteiger partial charge in [0.2, 0.25) is 0 Å². The van der Waals surface area contributed by atoms with Gasteiger partial charge in [-0.3, -0.25) is 10.1 Å². The van der Waals surface area contributed by atoms with Gasteiger partial charge >= 0.3 is 6.18 Å². The third kappa shape index (κ3) is 3.66. The van der Waals surface area contributed by atoms with Crippen LogP contribution < -0.4 is 9.47 Å². The number of ether oxygens (including phenoxy) is 2. The monoisotopic (exact) mass is 313 g/mol. The maximum Gasteiger partial charge on any atom is 0.416 e. The molecular weight excluding hydrogens is 303 g/mol. The smallest absolute Gasteiger partial charge is 0.416 e. The highest BCUT2D eigenvalue weighted by atomic mass is 19.4. The molecule has 22 heavy (non-hydrogen) atoms. The fraction of sp³-hybridized carbons (Fsp3) is 0.143. The molecule has 0 atom stereocenters. The van der Waals surface area contributed by atoms with E-state index in [9.17, 15) is 23.3 Å². The van der Waals surface area contributed by atoms with E-state index in [-0.39, 0.29) is 22.9 Å². The van der Waals surface area contributed by atoms with Crippen molar-refractivity contribution in [2.24, 2.45) is 0 Å². The summed E-state index contributed by atoms with van der Waals surface area (Å²) in [6.07, 6.45) is -4.44. The summed E-state index contributed by atoms with van der Waals surface area (Å²) in [4.78, 5) is 10.2. The molecule has 0 aliphatic carbocycles. The molecule has 116 valence electrons. The van der Waals surface area contributed by atoms with E-state index in [2.05, 4.69) is 0 Å². The average Bonchev–Trinajstić information content (AvgIpc) is 2.46. The minimum absolute atomic E-state index is 0.0887. The minimum atomic E-state index is -4.44. The van der Waals surface area contributed by atoms with Crippen molar-refractivity contribution in [2.75, 3.05) is 7.11 Å². The molecule has 0 radical (unpaired) electrons. The lowest BCUT2D eigenvalue weighted by Gasteiger charge is -2.10. The number of halogens is 3. The van der Waals surface area contributed by atoms with Crippen molar-refractivity contribution < 1.29 is 27.6 Å². The lowest BCUT2D eigenvalue weighted by atomic mass is 10.2. The Balaban J connectivity index is 2.26. The molecule has 0 spiro atoms. The van der Waals surface area contributed by atoms with Crippen molar-refractivity contribution in [3.05, 3.63) is 58.1 Å². The molecule has 2 aromatic carbocycles. The van der Waals surface area contributed by atoms with Gasteiger partial charge in [-0.15, -0.1) is 0 Å². The van der Waals surface area contributed by atoms with Crippen molar-refractivity contribution >= 4 is 5.69 Å². The summed E-state index contributed by atoms with van der Waals surface area (Å²) in [6, 6.07) is 7.75. The molecule has 0 aliphatic rings. The van der Waals surface area contributed by atoms with Crippen LogP contribution in [0.5, 0.6) is 17.2 Å². The summed E-state index contributed by atoms with van der Waals surface area (Å²) >= 11 is 0. The first kappa shape index (κ1) is 15.6. The molecule has 0 aliphatic heterocycles. The quantitative estimate of drug-likeness (QED) is 0.619. The van der Waals surface area contributed by atoms with Gasteiger partial charge in [-0.25, -0.2) is 0 Å². The summed E-state index contributed by atoms with van der Waals surface area (Å²) in [5, 5.41) is 10.8. The van der Waals surface area contributed by atoms with E-state index in [1.165, 1.54) is 19.2 Å². The Labute approximate surface area is 123 Å². The van der Waals surface area contributed by atoms with E-state index in [4.69, 9.17) is 9.47 Å². The second kappa shape index (κ2) is 5.92. The first-order chi connectivity index (χ1) is 10.3. The van der Waals surface area contributed by atoms with Gasteiger partial charge in [-0.05, 0) is 24.3 Å². The molecule has 0 amide bonds. The number of benzene rings is 2. The fourth-order valence-corrected chi connectivity index (χ4v) is 1.69. The van der Waals surface area contributed by atoms with Crippen molar-refractivity contribution in [3.8, 4) is 17.2 Å². The second-order valence-electron chi connectivity index (χ2n) is 4.25. The first-order valence-corrected chi connectivity index (χ1v) is 5.98. The number of nitrogens with zero attached hydrogens (tertiary/aromatic N) is 1. The van der Waals surface area contributed by atoms with E-state index in [1.54, 1.807) is 0 Å². The lowest BCUT2D eigenvalue weighted by Crippen LogP contribution is -2.04. The molecule has 0 fully saturated rings. The molecule has 0 unspecified atom stereocenters. The highest BCUT2D eigenvalue weighted by Gasteiger charge is 2.30. The zero-order valence-corrected chi connectivity index (χ0v) is 11.3. The Bertz CT molecular complexity index is 683. The van der Waals surface area contributed by atoms with E-state index >= 15 is 0 Å². The van der Waals surface area contributed by atoms with Gasteiger partial charge in [0, 0.05) is 6.07 Å². The Hall–Kier alpha value is -2.77. The number of hydrogen-bond acceptors (Lipinski definition) is 4. The number of methoxy groups -OCH3 is 1. The maximum atomic E-state index is 12.5. The van der Waals surface area contributed by atoms with Gasteiger partial charge in [0.15, 0.2) is 0 Å². The van der Waals surface area contributed by atoms with E-state index in [0.29, 0.717) is 0 Å². The third-order valence-electron chi connectivity index (χ3n) is 2.73. The molecule has 0 aromatic heterocycles. The average molecular weight is 313 g/mol. The molecule has 0 bridgehead atoms. The van der Waals surface area contributed by atoms with Gasteiger partial charge in [0.05, 0.1) is 29.7 Å². The molecule has 2 rings (SSSR count). The minimum Gasteiger partial charge on any atom is -0.496 e. The Morgan fingerprint density at radius 1 is 1.00 bits per heavy atom. The van der Waals surface area contributed by atoms with Gasteiger partial charge < -0.3 is 9.47 Å². The number of non-ortho nitro benzene ring substituents is 1. The Morgan fingerprint density at radius 3 is 2.09 bits per heavy atom. The van der Waals surface area contributed by atoms with E-state index in [0.717, 1.165) is 30.3 Å². The van der Waals surface area contributed by atoms with Crippen LogP contribution in [0.2, 0.25) is 0 Å².